The van der Waals surface area contributed by atoms with Gasteiger partial charge in [-0.2, -0.15) is 10.2 Å². The number of benzene rings is 2. The number of hydrogen-bond donors (Lipinski definition) is 2. The minimum Gasteiger partial charge on any atom is -0.326 e. The van der Waals surface area contributed by atoms with Crippen molar-refractivity contribution in [1.82, 2.24) is 15.2 Å². The van der Waals surface area contributed by atoms with E-state index in [1.807, 2.05) is 6.07 Å². The number of nitrogens with one attached hydrogen (secondary N) is 1. The van der Waals surface area contributed by atoms with E-state index < -0.39 is 0 Å². The van der Waals surface area contributed by atoms with Gasteiger partial charge in [-0.3, -0.25) is 10.1 Å². The van der Waals surface area contributed by atoms with Crippen LogP contribution < -0.4 is 5.73 Å². The summed E-state index contributed by atoms with van der Waals surface area (Å²) in [5, 5.41) is 16.6. The monoisotopic (exact) mass is 365 g/mol. The zero-order valence-electron chi connectivity index (χ0n) is 14.9. The lowest BCUT2D eigenvalue weighted by Crippen LogP contribution is -2.35. The number of rotatable bonds is 6. The van der Waals surface area contributed by atoms with E-state index in [1.54, 1.807) is 11.8 Å². The van der Waals surface area contributed by atoms with E-state index in [2.05, 4.69) is 64.6 Å². The van der Waals surface area contributed by atoms with E-state index in [-0.39, 0.29) is 6.04 Å². The van der Waals surface area contributed by atoms with Crippen LogP contribution in [-0.4, -0.2) is 38.7 Å². The van der Waals surface area contributed by atoms with Crippen LogP contribution in [0.5, 0.6) is 0 Å². The summed E-state index contributed by atoms with van der Waals surface area (Å²) >= 11 is 1.77. The van der Waals surface area contributed by atoms with Crippen molar-refractivity contribution in [3.63, 3.8) is 0 Å². The van der Waals surface area contributed by atoms with Crippen molar-refractivity contribution in [2.24, 2.45) is 10.8 Å². The molecule has 0 saturated carbocycles. The molecule has 0 aliphatic carbocycles. The molecule has 5 nitrogen and oxygen atoms in total. The Bertz CT molecular complexity index is 918. The molecule has 1 aliphatic rings. The number of H-pyrrole nitrogens is 1. The summed E-state index contributed by atoms with van der Waals surface area (Å²) in [4.78, 5) is 0. The highest BCUT2D eigenvalue weighted by Crippen LogP contribution is 2.26. The Balaban J connectivity index is 1.45. The maximum Gasteiger partial charge on any atom is 0.125 e. The summed E-state index contributed by atoms with van der Waals surface area (Å²) in [5.41, 5.74) is 10.9. The molecule has 6 heteroatoms. The second kappa shape index (κ2) is 7.51. The quantitative estimate of drug-likeness (QED) is 0.703. The molecule has 134 valence electrons. The van der Waals surface area contributed by atoms with Crippen molar-refractivity contribution >= 4 is 27.7 Å². The Morgan fingerprint density at radius 2 is 2.08 bits per heavy atom. The van der Waals surface area contributed by atoms with Crippen molar-refractivity contribution < 1.29 is 0 Å². The summed E-state index contributed by atoms with van der Waals surface area (Å²) in [6.07, 6.45) is 1.81. The largest absolute Gasteiger partial charge is 0.326 e. The molecule has 0 amide bonds. The second-order valence-electron chi connectivity index (χ2n) is 6.61. The first kappa shape index (κ1) is 17.1. The molecule has 1 aromatic heterocycles. The minimum absolute atomic E-state index is 0.0733. The molecular formula is C20H23N5S. The zero-order chi connectivity index (χ0) is 17.9. The van der Waals surface area contributed by atoms with Crippen LogP contribution in [0.2, 0.25) is 0 Å². The fourth-order valence-electron chi connectivity index (χ4n) is 3.27. The molecule has 0 radical (unpaired) electrons. The van der Waals surface area contributed by atoms with E-state index >= 15 is 0 Å². The normalized spacial score (nSPS) is 15.5. The van der Waals surface area contributed by atoms with Crippen LogP contribution in [0.3, 0.4) is 0 Å². The van der Waals surface area contributed by atoms with Crippen LogP contribution in [-0.2, 0) is 12.8 Å². The maximum atomic E-state index is 6.34. The maximum absolute atomic E-state index is 6.34. The molecule has 0 saturated heterocycles. The molecule has 26 heavy (non-hydrogen) atoms. The second-order valence-corrected chi connectivity index (χ2v) is 7.54. The van der Waals surface area contributed by atoms with Gasteiger partial charge in [0, 0.05) is 22.7 Å². The number of fused-ring (bicyclic) bond motifs is 1. The van der Waals surface area contributed by atoms with Crippen molar-refractivity contribution in [2.45, 2.75) is 25.8 Å². The number of thioether (sulfide) groups is 1. The van der Waals surface area contributed by atoms with E-state index in [0.717, 1.165) is 41.4 Å². The van der Waals surface area contributed by atoms with Crippen LogP contribution in [0.25, 0.3) is 10.9 Å². The lowest BCUT2D eigenvalue weighted by atomic mass is 10.1. The van der Waals surface area contributed by atoms with Gasteiger partial charge in [-0.15, -0.1) is 0 Å². The third-order valence-electron chi connectivity index (χ3n) is 4.60. The first-order valence-corrected chi connectivity index (χ1v) is 9.94. The van der Waals surface area contributed by atoms with E-state index in [9.17, 15) is 0 Å². The van der Waals surface area contributed by atoms with Gasteiger partial charge in [-0.05, 0) is 36.6 Å². The first-order chi connectivity index (χ1) is 12.7. The van der Waals surface area contributed by atoms with E-state index in [4.69, 9.17) is 10.8 Å². The fraction of sp³-hybridized carbons (Fsp3) is 0.300. The first-order valence-electron chi connectivity index (χ1n) is 8.96. The van der Waals surface area contributed by atoms with Crippen LogP contribution in [0.1, 0.15) is 23.7 Å². The lowest BCUT2D eigenvalue weighted by molar-refractivity contribution is 0.320. The van der Waals surface area contributed by atoms with Crippen molar-refractivity contribution in [3.05, 3.63) is 65.4 Å². The highest BCUT2D eigenvalue weighted by atomic mass is 32.2. The van der Waals surface area contributed by atoms with Gasteiger partial charge < -0.3 is 5.73 Å². The SMILES string of the molecule is CCc1[nH]nc2ccc(C3=NN(C[C@@H](N)Cc4ccccc4)CS3)cc12. The molecule has 4 rings (SSSR count). The third kappa shape index (κ3) is 3.61. The molecule has 3 aromatic rings. The Kier molecular flexibility index (Phi) is 4.95. The van der Waals surface area contributed by atoms with Crippen molar-refractivity contribution in [3.8, 4) is 0 Å². The molecular weight excluding hydrogens is 342 g/mol. The number of aryl methyl sites for hydroxylation is 1. The van der Waals surface area contributed by atoms with E-state index in [1.165, 1.54) is 16.6 Å². The minimum atomic E-state index is 0.0733. The molecule has 2 heterocycles. The summed E-state index contributed by atoms with van der Waals surface area (Å²) in [5.74, 6) is 0.849. The highest BCUT2D eigenvalue weighted by Gasteiger charge is 2.19. The highest BCUT2D eigenvalue weighted by molar-refractivity contribution is 8.14. The van der Waals surface area contributed by atoms with Gasteiger partial charge in [0.05, 0.1) is 17.9 Å². The average Bonchev–Trinajstić information content (AvgIpc) is 3.28. The Hall–Kier alpha value is -2.31. The van der Waals surface area contributed by atoms with Crippen LogP contribution >= 0.6 is 11.8 Å². The molecule has 1 atom stereocenters. The third-order valence-corrected chi connectivity index (χ3v) is 5.62. The van der Waals surface area contributed by atoms with Gasteiger partial charge in [0.1, 0.15) is 5.04 Å². The van der Waals surface area contributed by atoms with Gasteiger partial charge in [0.2, 0.25) is 0 Å². The van der Waals surface area contributed by atoms with Gasteiger partial charge in [-0.1, -0.05) is 49.0 Å². The molecule has 3 N–H and O–H groups in total. The molecule has 0 bridgehead atoms. The number of hydrogen-bond acceptors (Lipinski definition) is 5. The zero-order valence-corrected chi connectivity index (χ0v) is 15.7. The van der Waals surface area contributed by atoms with Gasteiger partial charge in [0.25, 0.3) is 0 Å². The predicted molar refractivity (Wildman–Crippen MR) is 109 cm³/mol. The summed E-state index contributed by atoms with van der Waals surface area (Å²) < 4.78 is 0. The van der Waals surface area contributed by atoms with Crippen LogP contribution in [0.4, 0.5) is 0 Å². The smallest absolute Gasteiger partial charge is 0.125 e. The Morgan fingerprint density at radius 3 is 2.88 bits per heavy atom. The van der Waals surface area contributed by atoms with Crippen molar-refractivity contribution in [1.29, 1.82) is 0 Å². The summed E-state index contributed by atoms with van der Waals surface area (Å²) in [6, 6.07) is 16.8. The van der Waals surface area contributed by atoms with E-state index in [0.29, 0.717) is 0 Å². The number of hydrazone groups is 1. The fourth-order valence-corrected chi connectivity index (χ4v) is 4.18. The molecule has 0 unspecified atom stereocenters. The summed E-state index contributed by atoms with van der Waals surface area (Å²) in [7, 11) is 0. The average molecular weight is 366 g/mol. The Morgan fingerprint density at radius 1 is 1.23 bits per heavy atom. The number of nitrogens with zero attached hydrogens (tertiary/aromatic N) is 3. The molecule has 0 fully saturated rings. The molecule has 2 aromatic carbocycles. The number of aromatic amines is 1. The standard InChI is InChI=1S/C20H23N5S/c1-2-18-17-11-15(8-9-19(17)23-22-18)20-24-25(13-26-20)12-16(21)10-14-6-4-3-5-7-14/h3-9,11,16H,2,10,12-13,21H2,1H3,(H,22,23)/t16-/m0/s1. The topological polar surface area (TPSA) is 70.3 Å². The number of nitrogens with two attached hydrogens (primary N) is 1. The molecule has 1 aliphatic heterocycles. The lowest BCUT2D eigenvalue weighted by Gasteiger charge is -2.18. The van der Waals surface area contributed by atoms with Gasteiger partial charge in [0.15, 0.2) is 0 Å². The van der Waals surface area contributed by atoms with Crippen LogP contribution in [0, 0.1) is 0 Å². The molecule has 0 spiro atoms. The van der Waals surface area contributed by atoms with Gasteiger partial charge in [-0.25, -0.2) is 0 Å². The Labute approximate surface area is 157 Å². The van der Waals surface area contributed by atoms with Gasteiger partial charge >= 0.3 is 0 Å². The summed E-state index contributed by atoms with van der Waals surface area (Å²) in [6.45, 7) is 2.90. The van der Waals surface area contributed by atoms with Crippen molar-refractivity contribution in [2.75, 3.05) is 12.4 Å². The van der Waals surface area contributed by atoms with Crippen LogP contribution in [0.15, 0.2) is 53.6 Å². The number of aromatic nitrogens is 2. The predicted octanol–water partition coefficient (Wildman–Crippen LogP) is 3.36.